The van der Waals surface area contributed by atoms with Crippen molar-refractivity contribution in [3.63, 3.8) is 0 Å². The number of carbonyl (C=O) groups is 3. The first kappa shape index (κ1) is 15.6. The molecule has 3 N–H and O–H groups in total. The molecule has 0 radical (unpaired) electrons. The summed E-state index contributed by atoms with van der Waals surface area (Å²) in [4.78, 5) is 35.1. The first-order chi connectivity index (χ1) is 10.0. The minimum Gasteiger partial charge on any atom is -0.480 e. The smallest absolute Gasteiger partial charge is 0.329 e. The van der Waals surface area contributed by atoms with Gasteiger partial charge < -0.3 is 25.4 Å². The predicted octanol–water partition coefficient (Wildman–Crippen LogP) is -0.460. The van der Waals surface area contributed by atoms with Crippen LogP contribution in [0.2, 0.25) is 0 Å². The summed E-state index contributed by atoms with van der Waals surface area (Å²) in [6.07, 6.45) is 2.46. The molecule has 2 fully saturated rings. The summed E-state index contributed by atoms with van der Waals surface area (Å²) >= 11 is 0. The Labute approximate surface area is 122 Å². The molecule has 0 aliphatic carbocycles. The van der Waals surface area contributed by atoms with Gasteiger partial charge >= 0.3 is 12.0 Å². The van der Waals surface area contributed by atoms with Crippen LogP contribution in [-0.2, 0) is 14.3 Å². The third-order valence-electron chi connectivity index (χ3n) is 3.76. The molecular formula is C13H21N3O5. The van der Waals surface area contributed by atoms with E-state index in [2.05, 4.69) is 10.6 Å². The fourth-order valence-electron chi connectivity index (χ4n) is 2.57. The number of carboxylic acids is 1. The highest BCUT2D eigenvalue weighted by atomic mass is 16.5. The maximum atomic E-state index is 12.0. The molecule has 2 aliphatic heterocycles. The van der Waals surface area contributed by atoms with Gasteiger partial charge in [0, 0.05) is 32.1 Å². The number of carboxylic acid groups (broad SMARTS) is 1. The highest BCUT2D eigenvalue weighted by Crippen LogP contribution is 2.14. The number of ether oxygens (including phenoxy) is 1. The van der Waals surface area contributed by atoms with Crippen molar-refractivity contribution in [3.8, 4) is 0 Å². The summed E-state index contributed by atoms with van der Waals surface area (Å²) in [5.74, 6) is -0.945. The van der Waals surface area contributed by atoms with Crippen LogP contribution >= 0.6 is 0 Å². The fourth-order valence-corrected chi connectivity index (χ4v) is 2.57. The minimum absolute atomic E-state index is 0.0258. The lowest BCUT2D eigenvalue weighted by molar-refractivity contribution is -0.145. The van der Waals surface area contributed by atoms with Crippen LogP contribution in [0.5, 0.6) is 0 Å². The maximum Gasteiger partial charge on any atom is 0.329 e. The second kappa shape index (κ2) is 7.26. The van der Waals surface area contributed by atoms with E-state index in [9.17, 15) is 14.4 Å². The topological polar surface area (TPSA) is 108 Å². The van der Waals surface area contributed by atoms with Gasteiger partial charge in [-0.05, 0) is 19.3 Å². The van der Waals surface area contributed by atoms with Crippen LogP contribution in [0.1, 0.15) is 25.7 Å². The molecule has 0 aromatic heterocycles. The average Bonchev–Trinajstić information content (AvgIpc) is 2.89. The Balaban J connectivity index is 1.63. The lowest BCUT2D eigenvalue weighted by atomic mass is 10.1. The number of carbonyl (C=O) groups excluding carboxylic acids is 2. The van der Waals surface area contributed by atoms with Crippen LogP contribution in [0.3, 0.4) is 0 Å². The number of nitrogens with zero attached hydrogens (tertiary/aromatic N) is 1. The number of hydrogen-bond donors (Lipinski definition) is 3. The molecule has 3 amide bonds. The van der Waals surface area contributed by atoms with Gasteiger partial charge in [-0.25, -0.2) is 9.59 Å². The molecular weight excluding hydrogens is 278 g/mol. The van der Waals surface area contributed by atoms with Crippen LogP contribution in [0.4, 0.5) is 4.79 Å². The van der Waals surface area contributed by atoms with Crippen LogP contribution in [0, 0.1) is 0 Å². The second-order valence-electron chi connectivity index (χ2n) is 5.38. The van der Waals surface area contributed by atoms with E-state index >= 15 is 0 Å². The van der Waals surface area contributed by atoms with Gasteiger partial charge in [0.25, 0.3) is 0 Å². The first-order valence-electron chi connectivity index (χ1n) is 7.20. The van der Waals surface area contributed by atoms with E-state index in [0.717, 1.165) is 6.42 Å². The number of piperidine rings is 1. The van der Waals surface area contributed by atoms with Crippen molar-refractivity contribution in [2.75, 3.05) is 26.2 Å². The van der Waals surface area contributed by atoms with E-state index in [1.165, 1.54) is 0 Å². The SMILES string of the molecule is O=C(O)COC1CCN(C(=O)NCC2CCC(=O)N2)CC1. The number of likely N-dealkylation sites (tertiary alicyclic amines) is 1. The first-order valence-corrected chi connectivity index (χ1v) is 7.20. The molecule has 0 spiro atoms. The maximum absolute atomic E-state index is 12.0. The molecule has 21 heavy (non-hydrogen) atoms. The molecule has 2 rings (SSSR count). The van der Waals surface area contributed by atoms with Crippen LogP contribution in [0.25, 0.3) is 0 Å². The molecule has 118 valence electrons. The van der Waals surface area contributed by atoms with Crippen molar-refractivity contribution in [2.24, 2.45) is 0 Å². The van der Waals surface area contributed by atoms with Crippen molar-refractivity contribution in [2.45, 2.75) is 37.8 Å². The Hall–Kier alpha value is -1.83. The molecule has 2 saturated heterocycles. The number of hydrogen-bond acceptors (Lipinski definition) is 4. The lowest BCUT2D eigenvalue weighted by Crippen LogP contribution is -2.48. The van der Waals surface area contributed by atoms with Crippen molar-refractivity contribution in [3.05, 3.63) is 0 Å². The third-order valence-corrected chi connectivity index (χ3v) is 3.76. The summed E-state index contributed by atoms with van der Waals surface area (Å²) in [5.41, 5.74) is 0. The van der Waals surface area contributed by atoms with Crippen LogP contribution in [0.15, 0.2) is 0 Å². The van der Waals surface area contributed by atoms with Crippen molar-refractivity contribution in [1.29, 1.82) is 0 Å². The Morgan fingerprint density at radius 3 is 2.62 bits per heavy atom. The lowest BCUT2D eigenvalue weighted by Gasteiger charge is -2.32. The van der Waals surface area contributed by atoms with Crippen molar-refractivity contribution in [1.82, 2.24) is 15.5 Å². The van der Waals surface area contributed by atoms with Crippen LogP contribution in [-0.4, -0.2) is 66.3 Å². The number of amides is 3. The van der Waals surface area contributed by atoms with Gasteiger partial charge in [0.1, 0.15) is 6.61 Å². The minimum atomic E-state index is -0.978. The van der Waals surface area contributed by atoms with Gasteiger partial charge in [-0.15, -0.1) is 0 Å². The Kier molecular flexibility index (Phi) is 5.38. The molecule has 8 nitrogen and oxygen atoms in total. The van der Waals surface area contributed by atoms with E-state index in [1.54, 1.807) is 4.90 Å². The van der Waals surface area contributed by atoms with Crippen molar-refractivity contribution >= 4 is 17.9 Å². The molecule has 0 aromatic rings. The number of rotatable bonds is 5. The van der Waals surface area contributed by atoms with E-state index in [1.807, 2.05) is 0 Å². The third kappa shape index (κ3) is 4.89. The normalized spacial score (nSPS) is 23.0. The quantitative estimate of drug-likeness (QED) is 0.636. The molecule has 1 unspecified atom stereocenters. The monoisotopic (exact) mass is 299 g/mol. The molecule has 0 aromatic carbocycles. The predicted molar refractivity (Wildman–Crippen MR) is 72.7 cm³/mol. The summed E-state index contributed by atoms with van der Waals surface area (Å²) in [6.45, 7) is 1.25. The molecule has 8 heteroatoms. The Morgan fingerprint density at radius 1 is 1.33 bits per heavy atom. The highest BCUT2D eigenvalue weighted by Gasteiger charge is 2.25. The zero-order valence-electron chi connectivity index (χ0n) is 11.8. The zero-order valence-corrected chi connectivity index (χ0v) is 11.8. The van der Waals surface area contributed by atoms with Gasteiger partial charge in [-0.1, -0.05) is 0 Å². The Morgan fingerprint density at radius 2 is 2.05 bits per heavy atom. The second-order valence-corrected chi connectivity index (χ2v) is 5.38. The number of aliphatic carboxylic acids is 1. The largest absolute Gasteiger partial charge is 0.480 e. The van der Waals surface area contributed by atoms with Gasteiger partial charge in [0.2, 0.25) is 5.91 Å². The summed E-state index contributed by atoms with van der Waals surface area (Å²) in [6, 6.07) is -0.120. The Bertz CT molecular complexity index is 407. The van der Waals surface area contributed by atoms with Gasteiger partial charge in [0.05, 0.1) is 6.10 Å². The van der Waals surface area contributed by atoms with Gasteiger partial charge in [-0.3, -0.25) is 4.79 Å². The average molecular weight is 299 g/mol. The number of urea groups is 1. The van der Waals surface area contributed by atoms with Crippen LogP contribution < -0.4 is 10.6 Å². The van der Waals surface area contributed by atoms with E-state index in [-0.39, 0.29) is 30.7 Å². The summed E-state index contributed by atoms with van der Waals surface area (Å²) in [5, 5.41) is 14.2. The van der Waals surface area contributed by atoms with E-state index in [4.69, 9.17) is 9.84 Å². The summed E-state index contributed by atoms with van der Waals surface area (Å²) < 4.78 is 5.22. The molecule has 0 bridgehead atoms. The van der Waals surface area contributed by atoms with Gasteiger partial charge in [0.15, 0.2) is 0 Å². The standard InChI is InChI=1S/C13H21N3O5/c17-11-2-1-9(15-11)7-14-13(20)16-5-3-10(4-6-16)21-8-12(18)19/h9-10H,1-8H2,(H,14,20)(H,15,17)(H,18,19). The van der Waals surface area contributed by atoms with E-state index in [0.29, 0.717) is 38.9 Å². The fraction of sp³-hybridized carbons (Fsp3) is 0.769. The molecule has 1 atom stereocenters. The highest BCUT2D eigenvalue weighted by molar-refractivity contribution is 5.79. The zero-order chi connectivity index (χ0) is 15.2. The molecule has 2 heterocycles. The van der Waals surface area contributed by atoms with Crippen molar-refractivity contribution < 1.29 is 24.2 Å². The summed E-state index contributed by atoms with van der Waals surface area (Å²) in [7, 11) is 0. The molecule has 0 saturated carbocycles. The molecule has 2 aliphatic rings. The number of nitrogens with one attached hydrogen (secondary N) is 2. The van der Waals surface area contributed by atoms with E-state index < -0.39 is 5.97 Å². The van der Waals surface area contributed by atoms with Gasteiger partial charge in [-0.2, -0.15) is 0 Å².